The molecule has 0 aromatic carbocycles. The third-order valence-electron chi connectivity index (χ3n) is 1.57. The van der Waals surface area contributed by atoms with Gasteiger partial charge in [-0.25, -0.2) is 8.42 Å². The maximum Gasteiger partial charge on any atom is 0.231 e. The molecule has 0 atom stereocenters. The molecule has 0 amide bonds. The Kier molecular flexibility index (Phi) is 5.86. The largest absolute Gasteiger partial charge is 0.382 e. The van der Waals surface area contributed by atoms with E-state index in [0.29, 0.717) is 11.0 Å². The molecule has 0 unspecified atom stereocenters. The molecule has 2 aromatic rings. The molecule has 0 radical (unpaired) electrons. The topological polar surface area (TPSA) is 124 Å². The Morgan fingerprint density at radius 2 is 1.55 bits per heavy atom. The molecule has 20 heavy (non-hydrogen) atoms. The summed E-state index contributed by atoms with van der Waals surface area (Å²) in [7, 11) is -3.29. The number of nitrogens with zero attached hydrogens (tertiary/aromatic N) is 4. The minimum Gasteiger partial charge on any atom is -0.382 e. The number of rotatable bonds is 2. The van der Waals surface area contributed by atoms with Gasteiger partial charge in [0.15, 0.2) is 16.1 Å². The lowest BCUT2D eigenvalue weighted by Crippen LogP contribution is -2.11. The van der Waals surface area contributed by atoms with E-state index in [1.165, 1.54) is 12.1 Å². The standard InChI is InChI=1S/C5H6ClN3O2S.C4H4ClN3/c1-12(10,11)9-5-3-2-4(6)7-8-5;5-3-1-2-4(6)8-7-3/h2-3H,1H3,(H,8,9);1-2H,(H2,6,8). The summed E-state index contributed by atoms with van der Waals surface area (Å²) in [4.78, 5) is 0. The molecule has 8 nitrogen and oxygen atoms in total. The van der Waals surface area contributed by atoms with Gasteiger partial charge in [-0.05, 0) is 24.3 Å². The Balaban J connectivity index is 0.000000217. The smallest absolute Gasteiger partial charge is 0.231 e. The zero-order valence-corrected chi connectivity index (χ0v) is 12.5. The zero-order chi connectivity index (χ0) is 15.2. The molecule has 2 rings (SSSR count). The van der Waals surface area contributed by atoms with Crippen LogP contribution in [0.5, 0.6) is 0 Å². The van der Waals surface area contributed by atoms with Crippen LogP contribution in [0, 0.1) is 0 Å². The fraction of sp³-hybridized carbons (Fsp3) is 0.111. The molecule has 0 spiro atoms. The summed E-state index contributed by atoms with van der Waals surface area (Å²) in [5.41, 5.74) is 5.19. The molecule has 0 aliphatic rings. The van der Waals surface area contributed by atoms with Crippen LogP contribution in [-0.2, 0) is 10.0 Å². The van der Waals surface area contributed by atoms with E-state index in [1.807, 2.05) is 0 Å². The van der Waals surface area contributed by atoms with Crippen LogP contribution in [0.1, 0.15) is 0 Å². The molecule has 0 saturated heterocycles. The molecule has 11 heteroatoms. The summed E-state index contributed by atoms with van der Waals surface area (Å²) in [6.45, 7) is 0. The molecule has 2 heterocycles. The van der Waals surface area contributed by atoms with E-state index < -0.39 is 10.0 Å². The minimum atomic E-state index is -3.29. The number of sulfonamides is 1. The first-order chi connectivity index (χ1) is 9.26. The van der Waals surface area contributed by atoms with Gasteiger partial charge in [-0.2, -0.15) is 0 Å². The maximum atomic E-state index is 10.7. The molecule has 0 bridgehead atoms. The Labute approximate surface area is 125 Å². The predicted octanol–water partition coefficient (Wildman–Crippen LogP) is 1.21. The number of halogens is 2. The van der Waals surface area contributed by atoms with Crippen molar-refractivity contribution < 1.29 is 8.42 Å². The number of hydrogen-bond acceptors (Lipinski definition) is 7. The van der Waals surface area contributed by atoms with Crippen molar-refractivity contribution in [3.63, 3.8) is 0 Å². The van der Waals surface area contributed by atoms with Crippen molar-refractivity contribution in [3.05, 3.63) is 34.6 Å². The molecule has 0 aliphatic carbocycles. The lowest BCUT2D eigenvalue weighted by molar-refractivity contribution is 0.606. The molecular formula is C9H10Cl2N6O2S. The van der Waals surface area contributed by atoms with Gasteiger partial charge < -0.3 is 5.73 Å². The van der Waals surface area contributed by atoms with Crippen molar-refractivity contribution >= 4 is 44.9 Å². The molecule has 3 N–H and O–H groups in total. The summed E-state index contributed by atoms with van der Waals surface area (Å²) in [5, 5.41) is 14.5. The first-order valence-electron chi connectivity index (χ1n) is 4.98. The normalized spacial score (nSPS) is 10.3. The van der Waals surface area contributed by atoms with Crippen molar-refractivity contribution in [2.75, 3.05) is 16.7 Å². The fourth-order valence-electron chi connectivity index (χ4n) is 0.887. The summed E-state index contributed by atoms with van der Waals surface area (Å²) in [5.74, 6) is 0.538. The van der Waals surface area contributed by atoms with Crippen molar-refractivity contribution in [1.29, 1.82) is 0 Å². The summed E-state index contributed by atoms with van der Waals surface area (Å²) < 4.78 is 23.5. The Bertz CT molecular complexity index is 626. The molecular weight excluding hydrogens is 327 g/mol. The quantitative estimate of drug-likeness (QED) is 0.844. The van der Waals surface area contributed by atoms with Gasteiger partial charge in [0.25, 0.3) is 0 Å². The Morgan fingerprint density at radius 1 is 1.00 bits per heavy atom. The lowest BCUT2D eigenvalue weighted by Gasteiger charge is -1.99. The number of nitrogen functional groups attached to an aromatic ring is 1. The molecule has 0 saturated carbocycles. The molecule has 0 aliphatic heterocycles. The van der Waals surface area contributed by atoms with Crippen LogP contribution in [-0.4, -0.2) is 35.1 Å². The number of anilines is 2. The summed E-state index contributed by atoms with van der Waals surface area (Å²) >= 11 is 10.8. The number of aromatic nitrogens is 4. The first kappa shape index (κ1) is 16.3. The third kappa shape index (κ3) is 7.02. The van der Waals surface area contributed by atoms with E-state index in [9.17, 15) is 8.42 Å². The van der Waals surface area contributed by atoms with Crippen LogP contribution in [0.15, 0.2) is 24.3 Å². The average molecular weight is 337 g/mol. The van der Waals surface area contributed by atoms with Gasteiger partial charge in [-0.15, -0.1) is 20.4 Å². The van der Waals surface area contributed by atoms with Crippen molar-refractivity contribution in [2.24, 2.45) is 0 Å². The van der Waals surface area contributed by atoms with E-state index >= 15 is 0 Å². The van der Waals surface area contributed by atoms with E-state index in [1.54, 1.807) is 12.1 Å². The van der Waals surface area contributed by atoms with Crippen LogP contribution in [0.25, 0.3) is 0 Å². The Morgan fingerprint density at radius 3 is 1.90 bits per heavy atom. The van der Waals surface area contributed by atoms with Crippen LogP contribution in [0.2, 0.25) is 10.3 Å². The summed E-state index contributed by atoms with van der Waals surface area (Å²) in [6, 6.07) is 6.05. The highest BCUT2D eigenvalue weighted by Crippen LogP contribution is 2.06. The van der Waals surface area contributed by atoms with Crippen LogP contribution >= 0.6 is 23.2 Å². The highest BCUT2D eigenvalue weighted by molar-refractivity contribution is 7.92. The predicted molar refractivity (Wildman–Crippen MR) is 77.0 cm³/mol. The monoisotopic (exact) mass is 336 g/mol. The van der Waals surface area contributed by atoms with E-state index in [-0.39, 0.29) is 11.0 Å². The molecule has 2 aromatic heterocycles. The fourth-order valence-corrected chi connectivity index (χ4v) is 1.58. The number of nitrogens with two attached hydrogens (primary N) is 1. The van der Waals surface area contributed by atoms with Gasteiger partial charge in [-0.3, -0.25) is 4.72 Å². The van der Waals surface area contributed by atoms with E-state index in [4.69, 9.17) is 28.9 Å². The maximum absolute atomic E-state index is 10.7. The zero-order valence-electron chi connectivity index (χ0n) is 10.2. The van der Waals surface area contributed by atoms with Gasteiger partial charge in [0.1, 0.15) is 5.82 Å². The number of nitrogens with one attached hydrogen (secondary N) is 1. The molecule has 108 valence electrons. The van der Waals surface area contributed by atoms with E-state index in [2.05, 4.69) is 25.1 Å². The van der Waals surface area contributed by atoms with Gasteiger partial charge in [-0.1, -0.05) is 23.2 Å². The number of hydrogen-bond donors (Lipinski definition) is 2. The lowest BCUT2D eigenvalue weighted by atomic mass is 10.5. The first-order valence-corrected chi connectivity index (χ1v) is 7.63. The minimum absolute atomic E-state index is 0.155. The third-order valence-corrected chi connectivity index (χ3v) is 2.56. The van der Waals surface area contributed by atoms with Crippen molar-refractivity contribution in [1.82, 2.24) is 20.4 Å². The van der Waals surface area contributed by atoms with E-state index in [0.717, 1.165) is 6.26 Å². The van der Waals surface area contributed by atoms with Crippen LogP contribution in [0.3, 0.4) is 0 Å². The van der Waals surface area contributed by atoms with Crippen LogP contribution in [0.4, 0.5) is 11.6 Å². The highest BCUT2D eigenvalue weighted by Gasteiger charge is 2.02. The molecule has 0 fully saturated rings. The van der Waals surface area contributed by atoms with Gasteiger partial charge >= 0.3 is 0 Å². The average Bonchev–Trinajstić information content (AvgIpc) is 2.35. The second-order valence-electron chi connectivity index (χ2n) is 3.40. The summed E-state index contributed by atoms with van der Waals surface area (Å²) in [6.07, 6.45) is 1.03. The van der Waals surface area contributed by atoms with Crippen molar-refractivity contribution in [2.45, 2.75) is 0 Å². The van der Waals surface area contributed by atoms with Crippen LogP contribution < -0.4 is 10.5 Å². The Hall–Kier alpha value is -1.71. The van der Waals surface area contributed by atoms with Gasteiger partial charge in [0, 0.05) is 0 Å². The SMILES string of the molecule is CS(=O)(=O)Nc1ccc(Cl)nn1.Nc1ccc(Cl)nn1. The van der Waals surface area contributed by atoms with Gasteiger partial charge in [0.2, 0.25) is 10.0 Å². The second-order valence-corrected chi connectivity index (χ2v) is 5.92. The second kappa shape index (κ2) is 7.17. The highest BCUT2D eigenvalue weighted by atomic mass is 35.5. The van der Waals surface area contributed by atoms with Gasteiger partial charge in [0.05, 0.1) is 6.26 Å². The van der Waals surface area contributed by atoms with Crippen molar-refractivity contribution in [3.8, 4) is 0 Å².